The number of para-hydroxylation sites is 1. The maximum absolute atomic E-state index is 14.4. The van der Waals surface area contributed by atoms with Crippen LogP contribution in [-0.4, -0.2) is 96.9 Å². The van der Waals surface area contributed by atoms with Crippen LogP contribution in [0.15, 0.2) is 54.7 Å². The van der Waals surface area contributed by atoms with Gasteiger partial charge in [-0.3, -0.25) is 9.59 Å². The summed E-state index contributed by atoms with van der Waals surface area (Å²) >= 11 is 0. The van der Waals surface area contributed by atoms with E-state index in [1.165, 1.54) is 5.56 Å². The maximum Gasteiger partial charge on any atom is 0.318 e. The molecule has 2 heterocycles. The van der Waals surface area contributed by atoms with E-state index in [4.69, 9.17) is 0 Å². The van der Waals surface area contributed by atoms with Gasteiger partial charge in [-0.15, -0.1) is 0 Å². The average molecular weight is 601 g/mol. The molecule has 0 saturated carbocycles. The Bertz CT molecular complexity index is 1490. The van der Waals surface area contributed by atoms with Gasteiger partial charge < -0.3 is 30.3 Å². The number of aromatic amines is 1. The van der Waals surface area contributed by atoms with Gasteiger partial charge in [0, 0.05) is 74.7 Å². The van der Waals surface area contributed by atoms with Gasteiger partial charge in [-0.2, -0.15) is 0 Å². The van der Waals surface area contributed by atoms with Crippen LogP contribution < -0.4 is 10.6 Å². The van der Waals surface area contributed by atoms with E-state index in [2.05, 4.69) is 39.9 Å². The number of amides is 4. The van der Waals surface area contributed by atoms with Crippen LogP contribution >= 0.6 is 0 Å². The van der Waals surface area contributed by atoms with Crippen molar-refractivity contribution >= 4 is 28.7 Å². The summed E-state index contributed by atoms with van der Waals surface area (Å²) in [6, 6.07) is 15.4. The number of urea groups is 1. The number of piperidine rings is 1. The Kier molecular flexibility index (Phi) is 9.34. The van der Waals surface area contributed by atoms with E-state index in [1.54, 1.807) is 9.80 Å². The summed E-state index contributed by atoms with van der Waals surface area (Å²) in [6.45, 7) is 8.38. The molecular weight excluding hydrogens is 552 g/mol. The van der Waals surface area contributed by atoms with Gasteiger partial charge >= 0.3 is 6.03 Å². The Morgan fingerprint density at radius 3 is 2.39 bits per heavy atom. The number of H-pyrrole nitrogens is 1. The van der Waals surface area contributed by atoms with Crippen LogP contribution in [0.4, 0.5) is 4.79 Å². The topological polar surface area (TPSA) is 101 Å². The van der Waals surface area contributed by atoms with Crippen molar-refractivity contribution in [3.8, 4) is 0 Å². The molecule has 1 spiro atoms. The number of nitrogens with zero attached hydrogens (tertiary/aromatic N) is 3. The zero-order valence-corrected chi connectivity index (χ0v) is 27.0. The minimum absolute atomic E-state index is 0.0161. The highest BCUT2D eigenvalue weighted by molar-refractivity contribution is 5.91. The number of rotatable bonds is 9. The first-order valence-electron chi connectivity index (χ1n) is 15.9. The van der Waals surface area contributed by atoms with Gasteiger partial charge in [-0.05, 0) is 62.9 Å². The van der Waals surface area contributed by atoms with Crippen LogP contribution in [0, 0.1) is 0 Å². The van der Waals surface area contributed by atoms with E-state index >= 15 is 0 Å². The van der Waals surface area contributed by atoms with E-state index in [9.17, 15) is 14.4 Å². The van der Waals surface area contributed by atoms with Gasteiger partial charge in [0.1, 0.15) is 6.04 Å². The fraction of sp³-hybridized carbons (Fsp3) is 0.514. The molecule has 1 aromatic heterocycles. The van der Waals surface area contributed by atoms with Crippen molar-refractivity contribution in [1.82, 2.24) is 30.3 Å². The molecule has 5 rings (SSSR count). The summed E-state index contributed by atoms with van der Waals surface area (Å²) in [7, 11) is 5.51. The monoisotopic (exact) mass is 600 g/mol. The normalized spacial score (nSPS) is 18.7. The van der Waals surface area contributed by atoms with Crippen molar-refractivity contribution in [2.24, 2.45) is 0 Å². The summed E-state index contributed by atoms with van der Waals surface area (Å²) in [6.07, 6.45) is 4.31. The molecule has 1 aliphatic heterocycles. The maximum atomic E-state index is 14.4. The summed E-state index contributed by atoms with van der Waals surface area (Å²) in [4.78, 5) is 50.0. The lowest BCUT2D eigenvalue weighted by molar-refractivity contribution is -0.136. The molecule has 2 aliphatic rings. The second-order valence-corrected chi connectivity index (χ2v) is 13.1. The zero-order valence-electron chi connectivity index (χ0n) is 27.0. The number of benzene rings is 2. The molecule has 4 amide bonds. The number of likely N-dealkylation sites (tertiary alicyclic amines) is 1. The molecule has 3 atom stereocenters. The van der Waals surface area contributed by atoms with Crippen molar-refractivity contribution < 1.29 is 14.4 Å². The van der Waals surface area contributed by atoms with Crippen LogP contribution in [-0.2, 0) is 15.0 Å². The molecule has 1 unspecified atom stereocenters. The number of hydrogen-bond donors (Lipinski definition) is 3. The Balaban J connectivity index is 1.40. The molecule has 9 nitrogen and oxygen atoms in total. The van der Waals surface area contributed by atoms with E-state index in [1.807, 2.05) is 77.3 Å². The third-order valence-electron chi connectivity index (χ3n) is 9.92. The second-order valence-electron chi connectivity index (χ2n) is 13.1. The molecule has 3 N–H and O–H groups in total. The van der Waals surface area contributed by atoms with Crippen molar-refractivity contribution in [3.63, 3.8) is 0 Å². The van der Waals surface area contributed by atoms with Gasteiger partial charge in [0.15, 0.2) is 0 Å². The number of carbonyl (C=O) groups is 3. The van der Waals surface area contributed by atoms with E-state index in [0.717, 1.165) is 41.3 Å². The van der Waals surface area contributed by atoms with Crippen LogP contribution in [0.2, 0.25) is 0 Å². The van der Waals surface area contributed by atoms with Crippen LogP contribution in [0.1, 0.15) is 68.6 Å². The summed E-state index contributed by atoms with van der Waals surface area (Å²) in [5.74, 6) is -0.338. The second kappa shape index (κ2) is 13.0. The Morgan fingerprint density at radius 2 is 1.70 bits per heavy atom. The molecule has 1 saturated heterocycles. The molecule has 2 aromatic carbocycles. The quantitative estimate of drug-likeness (QED) is 0.339. The SMILES string of the molecule is CNCCN(C(=O)NC(C(=O)N1CCC2(CC1)C[C@@H](C(=O)N(C)C)c1ccccc12)[C@H](C)c1c[nH]c2ccccc12)C(C)C. The number of hydrogen-bond acceptors (Lipinski definition) is 4. The predicted molar refractivity (Wildman–Crippen MR) is 175 cm³/mol. The molecule has 9 heteroatoms. The molecule has 0 radical (unpaired) electrons. The van der Waals surface area contributed by atoms with Gasteiger partial charge in [-0.1, -0.05) is 49.4 Å². The molecule has 3 aromatic rings. The standard InChI is InChI=1S/C35H48N6O3/c1-23(2)41(20-17-36-4)34(44)38-31(24(3)28-22-37-30-14-10-8-12-26(28)30)33(43)40-18-15-35(16-19-40)21-27(32(42)39(5)6)25-11-7-9-13-29(25)35/h7-14,22-24,27,31,36-37H,15-21H2,1-6H3,(H,38,44)/t24-,27-,31?/m1/s1. The smallest absolute Gasteiger partial charge is 0.318 e. The molecule has 44 heavy (non-hydrogen) atoms. The third-order valence-corrected chi connectivity index (χ3v) is 9.92. The van der Waals surface area contributed by atoms with Gasteiger partial charge in [-0.25, -0.2) is 4.79 Å². The molecule has 1 aliphatic carbocycles. The lowest BCUT2D eigenvalue weighted by atomic mass is 9.73. The lowest BCUT2D eigenvalue weighted by Crippen LogP contribution is -2.57. The first-order valence-corrected chi connectivity index (χ1v) is 15.9. The summed E-state index contributed by atoms with van der Waals surface area (Å²) in [5.41, 5.74) is 4.26. The van der Waals surface area contributed by atoms with Gasteiger partial charge in [0.2, 0.25) is 11.8 Å². The first kappa shape index (κ1) is 31.6. The lowest BCUT2D eigenvalue weighted by Gasteiger charge is -2.42. The van der Waals surface area contributed by atoms with Gasteiger partial charge in [0.05, 0.1) is 5.92 Å². The predicted octanol–water partition coefficient (Wildman–Crippen LogP) is 4.42. The van der Waals surface area contributed by atoms with Crippen LogP contribution in [0.25, 0.3) is 10.9 Å². The van der Waals surface area contributed by atoms with Crippen LogP contribution in [0.5, 0.6) is 0 Å². The Labute approximate surface area is 261 Å². The fourth-order valence-corrected chi connectivity index (χ4v) is 7.35. The van der Waals surface area contributed by atoms with Crippen molar-refractivity contribution in [2.45, 2.75) is 69.4 Å². The number of fused-ring (bicyclic) bond motifs is 3. The number of aromatic nitrogens is 1. The number of likely N-dealkylation sites (N-methyl/N-ethyl adjacent to an activating group) is 2. The number of carbonyl (C=O) groups excluding carboxylic acids is 3. The number of nitrogens with one attached hydrogen (secondary N) is 3. The highest BCUT2D eigenvalue weighted by atomic mass is 16.2. The van der Waals surface area contributed by atoms with E-state index < -0.39 is 6.04 Å². The van der Waals surface area contributed by atoms with E-state index in [-0.39, 0.29) is 41.1 Å². The zero-order chi connectivity index (χ0) is 31.6. The highest BCUT2D eigenvalue weighted by Crippen LogP contribution is 2.52. The third kappa shape index (κ3) is 5.94. The van der Waals surface area contributed by atoms with Crippen molar-refractivity contribution in [1.29, 1.82) is 0 Å². The largest absolute Gasteiger partial charge is 0.361 e. The van der Waals surface area contributed by atoms with Crippen molar-refractivity contribution in [2.75, 3.05) is 47.3 Å². The molecular formula is C35H48N6O3. The average Bonchev–Trinajstić information content (AvgIpc) is 3.59. The highest BCUT2D eigenvalue weighted by Gasteiger charge is 2.49. The van der Waals surface area contributed by atoms with E-state index in [0.29, 0.717) is 26.2 Å². The fourth-order valence-electron chi connectivity index (χ4n) is 7.35. The summed E-state index contributed by atoms with van der Waals surface area (Å²) in [5, 5.41) is 7.35. The minimum Gasteiger partial charge on any atom is -0.361 e. The van der Waals surface area contributed by atoms with Crippen LogP contribution in [0.3, 0.4) is 0 Å². The molecule has 1 fully saturated rings. The Hall–Kier alpha value is -3.85. The van der Waals surface area contributed by atoms with Gasteiger partial charge in [0.25, 0.3) is 0 Å². The summed E-state index contributed by atoms with van der Waals surface area (Å²) < 4.78 is 0. The minimum atomic E-state index is -0.731. The molecule has 0 bridgehead atoms. The van der Waals surface area contributed by atoms with Crippen molar-refractivity contribution in [3.05, 3.63) is 71.4 Å². The molecule has 236 valence electrons. The first-order chi connectivity index (χ1) is 21.1. The Morgan fingerprint density at radius 1 is 1.02 bits per heavy atom.